The van der Waals surface area contributed by atoms with Gasteiger partial charge < -0.3 is 5.32 Å². The second kappa shape index (κ2) is 6.31. The van der Waals surface area contributed by atoms with E-state index in [2.05, 4.69) is 21.2 Å². The Hall–Kier alpha value is -0.190. The maximum absolute atomic E-state index is 11.9. The number of carbonyl (C=O) groups is 1. The normalized spacial score (nSPS) is 16.4. The number of thioether (sulfide) groups is 1. The minimum Gasteiger partial charge on any atom is -0.355 e. The molecule has 1 saturated carbocycles. The molecule has 1 N–H and O–H groups in total. The molecule has 0 radical (unpaired) electrons. The Labute approximate surface area is 125 Å². The first kappa shape index (κ1) is 14.2. The van der Waals surface area contributed by atoms with Crippen LogP contribution in [0.3, 0.4) is 0 Å². The predicted octanol–water partition coefficient (Wildman–Crippen LogP) is 4.11. The van der Waals surface area contributed by atoms with Crippen LogP contribution in [0.25, 0.3) is 0 Å². The molecule has 1 aromatic rings. The SMILES string of the molecule is CC(Sc1ccc(Br)cc1Cl)C(=O)NCC1CC1. The first-order valence-corrected chi connectivity index (χ1v) is 8.00. The molecule has 1 amide bonds. The molecule has 0 aromatic heterocycles. The molecule has 5 heteroatoms. The third-order valence-electron chi connectivity index (χ3n) is 2.83. The lowest BCUT2D eigenvalue weighted by Gasteiger charge is -2.12. The summed E-state index contributed by atoms with van der Waals surface area (Å²) in [4.78, 5) is 12.8. The van der Waals surface area contributed by atoms with Gasteiger partial charge in [-0.2, -0.15) is 0 Å². The Bertz CT molecular complexity index is 451. The van der Waals surface area contributed by atoms with Crippen molar-refractivity contribution < 1.29 is 4.79 Å². The molecule has 2 rings (SSSR count). The van der Waals surface area contributed by atoms with E-state index >= 15 is 0 Å². The molecule has 0 aliphatic heterocycles. The molecular weight excluding hydrogens is 334 g/mol. The van der Waals surface area contributed by atoms with Gasteiger partial charge in [0.15, 0.2) is 0 Å². The highest BCUT2D eigenvalue weighted by atomic mass is 79.9. The fourth-order valence-corrected chi connectivity index (χ4v) is 3.22. The molecule has 1 aliphatic carbocycles. The van der Waals surface area contributed by atoms with Crippen LogP contribution in [0.4, 0.5) is 0 Å². The van der Waals surface area contributed by atoms with Gasteiger partial charge >= 0.3 is 0 Å². The molecule has 1 fully saturated rings. The van der Waals surface area contributed by atoms with Crippen molar-refractivity contribution in [2.45, 2.75) is 29.9 Å². The number of rotatable bonds is 5. The highest BCUT2D eigenvalue weighted by molar-refractivity contribution is 9.10. The number of benzene rings is 1. The fourth-order valence-electron chi connectivity index (χ4n) is 1.53. The van der Waals surface area contributed by atoms with Crippen molar-refractivity contribution in [2.24, 2.45) is 5.92 Å². The lowest BCUT2D eigenvalue weighted by Crippen LogP contribution is -2.32. The highest BCUT2D eigenvalue weighted by Crippen LogP contribution is 2.32. The Kier molecular flexibility index (Phi) is 4.98. The summed E-state index contributed by atoms with van der Waals surface area (Å²) in [7, 11) is 0. The zero-order valence-electron chi connectivity index (χ0n) is 10.1. The van der Waals surface area contributed by atoms with Crippen molar-refractivity contribution in [3.8, 4) is 0 Å². The van der Waals surface area contributed by atoms with Gasteiger partial charge in [-0.05, 0) is 43.9 Å². The van der Waals surface area contributed by atoms with E-state index in [1.54, 1.807) is 0 Å². The summed E-state index contributed by atoms with van der Waals surface area (Å²) in [6, 6.07) is 5.71. The van der Waals surface area contributed by atoms with Crippen LogP contribution in [-0.4, -0.2) is 17.7 Å². The van der Waals surface area contributed by atoms with Crippen molar-refractivity contribution in [1.29, 1.82) is 0 Å². The van der Waals surface area contributed by atoms with Gasteiger partial charge in [0.05, 0.1) is 10.3 Å². The third kappa shape index (κ3) is 4.18. The van der Waals surface area contributed by atoms with Gasteiger partial charge in [-0.15, -0.1) is 11.8 Å². The molecule has 0 saturated heterocycles. The van der Waals surface area contributed by atoms with Gasteiger partial charge in [0.2, 0.25) is 5.91 Å². The molecule has 2 nitrogen and oxygen atoms in total. The van der Waals surface area contributed by atoms with Crippen molar-refractivity contribution in [2.75, 3.05) is 6.54 Å². The molecule has 0 heterocycles. The second-order valence-electron chi connectivity index (χ2n) is 4.52. The average molecular weight is 349 g/mol. The summed E-state index contributed by atoms with van der Waals surface area (Å²) < 4.78 is 0.947. The van der Waals surface area contributed by atoms with Gasteiger partial charge in [-0.25, -0.2) is 0 Å². The van der Waals surface area contributed by atoms with Crippen molar-refractivity contribution in [3.05, 3.63) is 27.7 Å². The number of hydrogen-bond donors (Lipinski definition) is 1. The zero-order valence-corrected chi connectivity index (χ0v) is 13.2. The van der Waals surface area contributed by atoms with Gasteiger partial charge in [0.1, 0.15) is 0 Å². The molecule has 0 spiro atoms. The van der Waals surface area contributed by atoms with Crippen LogP contribution in [0, 0.1) is 5.92 Å². The van der Waals surface area contributed by atoms with E-state index in [0.717, 1.165) is 15.9 Å². The van der Waals surface area contributed by atoms with Crippen LogP contribution in [0.5, 0.6) is 0 Å². The first-order valence-electron chi connectivity index (χ1n) is 5.95. The topological polar surface area (TPSA) is 29.1 Å². The van der Waals surface area contributed by atoms with Crippen LogP contribution < -0.4 is 5.32 Å². The summed E-state index contributed by atoms with van der Waals surface area (Å²) in [5, 5.41) is 3.54. The number of nitrogens with one attached hydrogen (secondary N) is 1. The Morgan fingerprint density at radius 3 is 2.94 bits per heavy atom. The van der Waals surface area contributed by atoms with E-state index in [1.165, 1.54) is 24.6 Å². The van der Waals surface area contributed by atoms with Crippen molar-refractivity contribution in [3.63, 3.8) is 0 Å². The third-order valence-corrected chi connectivity index (χ3v) is 4.92. The standard InChI is InChI=1S/C13H15BrClNOS/c1-8(13(17)16-7-9-2-3-9)18-12-5-4-10(14)6-11(12)15/h4-6,8-9H,2-3,7H2,1H3,(H,16,17). The Balaban J connectivity index is 1.88. The first-order chi connectivity index (χ1) is 8.56. The molecule has 1 atom stereocenters. The summed E-state index contributed by atoms with van der Waals surface area (Å²) in [5.41, 5.74) is 0. The summed E-state index contributed by atoms with van der Waals surface area (Å²) in [5.74, 6) is 0.799. The number of carbonyl (C=O) groups excluding carboxylic acids is 1. The van der Waals surface area contributed by atoms with E-state index in [9.17, 15) is 4.79 Å². The van der Waals surface area contributed by atoms with Gasteiger partial charge in [-0.1, -0.05) is 27.5 Å². The Morgan fingerprint density at radius 1 is 1.61 bits per heavy atom. The van der Waals surface area contributed by atoms with Gasteiger partial charge in [0.25, 0.3) is 0 Å². The monoisotopic (exact) mass is 347 g/mol. The minimum absolute atomic E-state index is 0.0888. The lowest BCUT2D eigenvalue weighted by atomic mass is 10.4. The molecule has 98 valence electrons. The smallest absolute Gasteiger partial charge is 0.233 e. The lowest BCUT2D eigenvalue weighted by molar-refractivity contribution is -0.120. The molecule has 1 aliphatic rings. The predicted molar refractivity (Wildman–Crippen MR) is 80.2 cm³/mol. The van der Waals surface area contributed by atoms with Crippen LogP contribution in [0.15, 0.2) is 27.6 Å². The van der Waals surface area contributed by atoms with E-state index in [-0.39, 0.29) is 11.2 Å². The Morgan fingerprint density at radius 2 is 2.33 bits per heavy atom. The quantitative estimate of drug-likeness (QED) is 0.811. The average Bonchev–Trinajstić information content (AvgIpc) is 3.13. The van der Waals surface area contributed by atoms with E-state index in [4.69, 9.17) is 11.6 Å². The van der Waals surface area contributed by atoms with E-state index in [1.807, 2.05) is 25.1 Å². The fraction of sp³-hybridized carbons (Fsp3) is 0.462. The van der Waals surface area contributed by atoms with Gasteiger partial charge in [0, 0.05) is 15.9 Å². The maximum Gasteiger partial charge on any atom is 0.233 e. The maximum atomic E-state index is 11.9. The van der Waals surface area contributed by atoms with Crippen molar-refractivity contribution in [1.82, 2.24) is 5.32 Å². The number of halogens is 2. The van der Waals surface area contributed by atoms with Crippen LogP contribution >= 0.6 is 39.3 Å². The molecular formula is C13H15BrClNOS. The van der Waals surface area contributed by atoms with Crippen LogP contribution in [0.1, 0.15) is 19.8 Å². The molecule has 1 unspecified atom stereocenters. The van der Waals surface area contributed by atoms with Crippen LogP contribution in [0.2, 0.25) is 5.02 Å². The highest BCUT2D eigenvalue weighted by Gasteiger charge is 2.23. The van der Waals surface area contributed by atoms with E-state index in [0.29, 0.717) is 10.9 Å². The minimum atomic E-state index is -0.123. The molecule has 1 aromatic carbocycles. The van der Waals surface area contributed by atoms with E-state index < -0.39 is 0 Å². The summed E-state index contributed by atoms with van der Waals surface area (Å²) in [6.07, 6.45) is 2.50. The summed E-state index contributed by atoms with van der Waals surface area (Å²) in [6.45, 7) is 2.73. The second-order valence-corrected chi connectivity index (χ2v) is 7.23. The van der Waals surface area contributed by atoms with Crippen molar-refractivity contribution >= 4 is 45.2 Å². The van der Waals surface area contributed by atoms with Gasteiger partial charge in [-0.3, -0.25) is 4.79 Å². The number of hydrogen-bond acceptors (Lipinski definition) is 2. The number of amides is 1. The largest absolute Gasteiger partial charge is 0.355 e. The summed E-state index contributed by atoms with van der Waals surface area (Å²) >= 11 is 11.0. The van der Waals surface area contributed by atoms with Crippen LogP contribution in [-0.2, 0) is 4.79 Å². The molecule has 0 bridgehead atoms. The molecule has 18 heavy (non-hydrogen) atoms. The zero-order chi connectivity index (χ0) is 13.1.